The summed E-state index contributed by atoms with van der Waals surface area (Å²) in [5.41, 5.74) is 1.41. The lowest BCUT2D eigenvalue weighted by molar-refractivity contribution is -0.385. The lowest BCUT2D eigenvalue weighted by atomic mass is 10.1. The van der Waals surface area contributed by atoms with Crippen LogP contribution in [0.25, 0.3) is 0 Å². The Hall–Kier alpha value is -2.64. The molecule has 0 atom stereocenters. The number of halogens is 1. The number of benzene rings is 2. The Labute approximate surface area is 155 Å². The molecule has 1 N–H and O–H groups in total. The highest BCUT2D eigenvalue weighted by atomic mass is 35.5. The molecule has 26 heavy (non-hydrogen) atoms. The molecule has 0 aliphatic carbocycles. The summed E-state index contributed by atoms with van der Waals surface area (Å²) in [6.45, 7) is 2.78. The molecule has 1 amide bonds. The Balaban J connectivity index is 1.80. The van der Waals surface area contributed by atoms with Crippen molar-refractivity contribution in [2.45, 2.75) is 6.54 Å². The van der Waals surface area contributed by atoms with Crippen LogP contribution in [-0.2, 0) is 11.3 Å². The van der Waals surface area contributed by atoms with Crippen molar-refractivity contribution in [2.75, 3.05) is 31.2 Å². The number of hydrogen-bond acceptors (Lipinski definition) is 5. The van der Waals surface area contributed by atoms with E-state index in [2.05, 4.69) is 5.32 Å². The number of nitrogens with zero attached hydrogens (tertiary/aromatic N) is 2. The normalized spacial score (nSPS) is 14.1. The summed E-state index contributed by atoms with van der Waals surface area (Å²) in [5.74, 6) is -0.494. The number of hydrogen-bond donors (Lipinski definition) is 1. The van der Waals surface area contributed by atoms with Crippen molar-refractivity contribution in [1.29, 1.82) is 0 Å². The number of nitro groups is 1. The van der Waals surface area contributed by atoms with Gasteiger partial charge in [0.25, 0.3) is 11.6 Å². The van der Waals surface area contributed by atoms with Gasteiger partial charge in [0.2, 0.25) is 0 Å². The van der Waals surface area contributed by atoms with Crippen molar-refractivity contribution in [3.05, 3.63) is 68.7 Å². The van der Waals surface area contributed by atoms with Crippen LogP contribution < -0.4 is 10.2 Å². The van der Waals surface area contributed by atoms with Gasteiger partial charge in [0.05, 0.1) is 18.1 Å². The third kappa shape index (κ3) is 4.30. The zero-order chi connectivity index (χ0) is 18.5. The van der Waals surface area contributed by atoms with Gasteiger partial charge >= 0.3 is 0 Å². The quantitative estimate of drug-likeness (QED) is 0.641. The van der Waals surface area contributed by atoms with Gasteiger partial charge in [0.15, 0.2) is 0 Å². The topological polar surface area (TPSA) is 84.7 Å². The van der Waals surface area contributed by atoms with Gasteiger partial charge in [-0.3, -0.25) is 14.9 Å². The van der Waals surface area contributed by atoms with Crippen LogP contribution >= 0.6 is 11.6 Å². The average molecular weight is 376 g/mol. The molecule has 0 unspecified atom stereocenters. The van der Waals surface area contributed by atoms with Gasteiger partial charge in [-0.1, -0.05) is 23.7 Å². The molecule has 1 aliphatic rings. The molecule has 2 aromatic rings. The van der Waals surface area contributed by atoms with Gasteiger partial charge < -0.3 is 15.0 Å². The van der Waals surface area contributed by atoms with Gasteiger partial charge in [0.1, 0.15) is 5.56 Å². The third-order valence-corrected chi connectivity index (χ3v) is 4.37. The van der Waals surface area contributed by atoms with E-state index in [0.29, 0.717) is 31.3 Å². The predicted molar refractivity (Wildman–Crippen MR) is 98.8 cm³/mol. The van der Waals surface area contributed by atoms with Crippen molar-refractivity contribution >= 4 is 28.9 Å². The predicted octanol–water partition coefficient (Wildman–Crippen LogP) is 3.01. The van der Waals surface area contributed by atoms with Crippen molar-refractivity contribution in [2.24, 2.45) is 0 Å². The van der Waals surface area contributed by atoms with Crippen LogP contribution in [0.1, 0.15) is 15.9 Å². The summed E-state index contributed by atoms with van der Waals surface area (Å²) in [4.78, 5) is 25.4. The molecule has 0 radical (unpaired) electrons. The number of carbonyl (C=O) groups is 1. The smallest absolute Gasteiger partial charge is 0.282 e. The van der Waals surface area contributed by atoms with Crippen LogP contribution in [0.2, 0.25) is 5.02 Å². The number of rotatable bonds is 5. The number of amides is 1. The molecule has 1 saturated heterocycles. The molecular weight excluding hydrogens is 358 g/mol. The van der Waals surface area contributed by atoms with Crippen molar-refractivity contribution in [3.63, 3.8) is 0 Å². The molecular formula is C18H18ClN3O4. The second kappa shape index (κ2) is 8.16. The van der Waals surface area contributed by atoms with Crippen LogP contribution in [0.15, 0.2) is 42.5 Å². The number of morpholine rings is 1. The summed E-state index contributed by atoms with van der Waals surface area (Å²) >= 11 is 5.93. The molecule has 0 bridgehead atoms. The summed E-state index contributed by atoms with van der Waals surface area (Å²) < 4.78 is 5.32. The maximum atomic E-state index is 12.6. The van der Waals surface area contributed by atoms with Crippen molar-refractivity contribution < 1.29 is 14.5 Å². The highest BCUT2D eigenvalue weighted by Gasteiger charge is 2.22. The lowest BCUT2D eigenvalue weighted by Gasteiger charge is -2.29. The molecule has 1 heterocycles. The van der Waals surface area contributed by atoms with E-state index in [1.807, 2.05) is 11.0 Å². The first-order chi connectivity index (χ1) is 12.5. The maximum absolute atomic E-state index is 12.6. The number of nitrogens with one attached hydrogen (secondary N) is 1. The van der Waals surface area contributed by atoms with Crippen LogP contribution in [0.3, 0.4) is 0 Å². The Kier molecular flexibility index (Phi) is 5.70. The van der Waals surface area contributed by atoms with E-state index in [1.165, 1.54) is 6.07 Å². The second-order valence-electron chi connectivity index (χ2n) is 5.87. The Morgan fingerprint density at radius 1 is 1.23 bits per heavy atom. The minimum atomic E-state index is -0.544. The van der Waals surface area contributed by atoms with Gasteiger partial charge in [-0.15, -0.1) is 0 Å². The molecule has 0 aromatic heterocycles. The minimum Gasteiger partial charge on any atom is -0.378 e. The Morgan fingerprint density at radius 3 is 2.69 bits per heavy atom. The molecule has 0 saturated carbocycles. The van der Waals surface area contributed by atoms with Crippen molar-refractivity contribution in [1.82, 2.24) is 5.32 Å². The van der Waals surface area contributed by atoms with E-state index in [0.717, 1.165) is 11.3 Å². The summed E-state index contributed by atoms with van der Waals surface area (Å²) in [5, 5.41) is 14.6. The zero-order valence-electron chi connectivity index (χ0n) is 14.0. The first kappa shape index (κ1) is 18.2. The standard InChI is InChI=1S/C18H18ClN3O4/c19-14-3-1-2-13(10-14)12-20-18(23)16-11-15(4-5-17(16)22(24)25)21-6-8-26-9-7-21/h1-5,10-11H,6-9,12H2,(H,20,23). The zero-order valence-corrected chi connectivity index (χ0v) is 14.7. The fraction of sp³-hybridized carbons (Fsp3) is 0.278. The number of carbonyl (C=O) groups excluding carboxylic acids is 1. The number of nitro benzene ring substituents is 1. The van der Waals surface area contributed by atoms with E-state index in [9.17, 15) is 14.9 Å². The van der Waals surface area contributed by atoms with Gasteiger partial charge in [-0.2, -0.15) is 0 Å². The fourth-order valence-corrected chi connectivity index (χ4v) is 3.02. The fourth-order valence-electron chi connectivity index (χ4n) is 2.81. The van der Waals surface area contributed by atoms with E-state index in [-0.39, 0.29) is 17.8 Å². The second-order valence-corrected chi connectivity index (χ2v) is 6.31. The van der Waals surface area contributed by atoms with Gasteiger partial charge in [-0.25, -0.2) is 0 Å². The molecule has 7 nitrogen and oxygen atoms in total. The Bertz CT molecular complexity index is 822. The molecule has 136 valence electrons. The Morgan fingerprint density at radius 2 is 2.00 bits per heavy atom. The highest BCUT2D eigenvalue weighted by molar-refractivity contribution is 6.30. The number of ether oxygens (including phenoxy) is 1. The van der Waals surface area contributed by atoms with Gasteiger partial charge in [0, 0.05) is 36.4 Å². The first-order valence-electron chi connectivity index (χ1n) is 8.18. The van der Waals surface area contributed by atoms with Crippen molar-refractivity contribution in [3.8, 4) is 0 Å². The van der Waals surface area contributed by atoms with E-state index >= 15 is 0 Å². The number of anilines is 1. The molecule has 1 aliphatic heterocycles. The van der Waals surface area contributed by atoms with Crippen LogP contribution in [0.4, 0.5) is 11.4 Å². The lowest BCUT2D eigenvalue weighted by Crippen LogP contribution is -2.36. The SMILES string of the molecule is O=C(NCc1cccc(Cl)c1)c1cc(N2CCOCC2)ccc1[N+](=O)[O-]. The monoisotopic (exact) mass is 375 g/mol. The minimum absolute atomic E-state index is 0.0426. The molecule has 2 aromatic carbocycles. The maximum Gasteiger partial charge on any atom is 0.282 e. The van der Waals surface area contributed by atoms with E-state index in [4.69, 9.17) is 16.3 Å². The third-order valence-electron chi connectivity index (χ3n) is 4.14. The van der Waals surface area contributed by atoms with Gasteiger partial charge in [-0.05, 0) is 29.8 Å². The van der Waals surface area contributed by atoms with E-state index in [1.54, 1.807) is 30.3 Å². The largest absolute Gasteiger partial charge is 0.378 e. The highest BCUT2D eigenvalue weighted by Crippen LogP contribution is 2.26. The molecule has 0 spiro atoms. The summed E-state index contributed by atoms with van der Waals surface area (Å²) in [6, 6.07) is 11.7. The molecule has 3 rings (SSSR count). The van der Waals surface area contributed by atoms with Crippen LogP contribution in [0.5, 0.6) is 0 Å². The summed E-state index contributed by atoms with van der Waals surface area (Å²) in [6.07, 6.45) is 0. The van der Waals surface area contributed by atoms with E-state index < -0.39 is 10.8 Å². The molecule has 8 heteroatoms. The van der Waals surface area contributed by atoms with Crippen LogP contribution in [0, 0.1) is 10.1 Å². The first-order valence-corrected chi connectivity index (χ1v) is 8.56. The summed E-state index contributed by atoms with van der Waals surface area (Å²) in [7, 11) is 0. The average Bonchev–Trinajstić information content (AvgIpc) is 2.66. The van der Waals surface area contributed by atoms with Crippen LogP contribution in [-0.4, -0.2) is 37.1 Å². The molecule has 1 fully saturated rings.